The number of aromatic nitrogens is 4. The van der Waals surface area contributed by atoms with E-state index in [2.05, 4.69) is 36.1 Å². The lowest BCUT2D eigenvalue weighted by Crippen LogP contribution is -2.12. The molecule has 0 aliphatic rings. The van der Waals surface area contributed by atoms with Crippen LogP contribution in [0.5, 0.6) is 0 Å². The molecule has 2 aromatic rings. The SMILES string of the molecule is FC(F)(F)Cc1n[nH]c(-c2ncccc2Br)n1. The second-order valence-electron chi connectivity index (χ2n) is 3.23. The lowest BCUT2D eigenvalue weighted by molar-refractivity contribution is -0.128. The highest BCUT2D eigenvalue weighted by Crippen LogP contribution is 2.24. The molecule has 8 heteroatoms. The Morgan fingerprint density at radius 3 is 2.76 bits per heavy atom. The maximum atomic E-state index is 12.1. The molecule has 2 heterocycles. The Labute approximate surface area is 102 Å². The van der Waals surface area contributed by atoms with Crippen molar-refractivity contribution in [3.8, 4) is 11.5 Å². The van der Waals surface area contributed by atoms with Crippen LogP contribution in [0.2, 0.25) is 0 Å². The first kappa shape index (κ1) is 12.0. The molecule has 0 amide bonds. The van der Waals surface area contributed by atoms with E-state index in [1.807, 2.05) is 0 Å². The Kier molecular flexibility index (Phi) is 3.14. The van der Waals surface area contributed by atoms with Crippen LogP contribution in [0.3, 0.4) is 0 Å². The molecule has 0 bridgehead atoms. The fraction of sp³-hybridized carbons (Fsp3) is 0.222. The van der Waals surface area contributed by atoms with Crippen molar-refractivity contribution < 1.29 is 13.2 Å². The lowest BCUT2D eigenvalue weighted by Gasteiger charge is -2.00. The van der Waals surface area contributed by atoms with Crippen molar-refractivity contribution >= 4 is 15.9 Å². The van der Waals surface area contributed by atoms with E-state index in [1.165, 1.54) is 6.20 Å². The molecule has 0 saturated carbocycles. The molecule has 0 radical (unpaired) electrons. The molecular weight excluding hydrogens is 301 g/mol. The van der Waals surface area contributed by atoms with Gasteiger partial charge in [-0.1, -0.05) is 0 Å². The third kappa shape index (κ3) is 3.02. The Morgan fingerprint density at radius 1 is 1.35 bits per heavy atom. The van der Waals surface area contributed by atoms with E-state index in [0.717, 1.165) is 0 Å². The maximum absolute atomic E-state index is 12.1. The molecule has 2 rings (SSSR count). The number of alkyl halides is 3. The summed E-state index contributed by atoms with van der Waals surface area (Å²) in [5.41, 5.74) is 0.424. The molecule has 0 fully saturated rings. The van der Waals surface area contributed by atoms with Crippen molar-refractivity contribution in [1.82, 2.24) is 20.2 Å². The molecule has 0 atom stereocenters. The van der Waals surface area contributed by atoms with E-state index >= 15 is 0 Å². The van der Waals surface area contributed by atoms with Crippen LogP contribution in [0.4, 0.5) is 13.2 Å². The van der Waals surface area contributed by atoms with Crippen LogP contribution >= 0.6 is 15.9 Å². The zero-order valence-corrected chi connectivity index (χ0v) is 9.88. The highest BCUT2D eigenvalue weighted by atomic mass is 79.9. The van der Waals surface area contributed by atoms with Crippen LogP contribution in [0.15, 0.2) is 22.8 Å². The first-order chi connectivity index (χ1) is 7.96. The molecule has 17 heavy (non-hydrogen) atoms. The molecule has 1 N–H and O–H groups in total. The number of H-pyrrole nitrogens is 1. The van der Waals surface area contributed by atoms with Crippen LogP contribution in [0.1, 0.15) is 5.82 Å². The van der Waals surface area contributed by atoms with Crippen LogP contribution < -0.4 is 0 Å². The fourth-order valence-electron chi connectivity index (χ4n) is 1.22. The van der Waals surface area contributed by atoms with E-state index in [9.17, 15) is 13.2 Å². The van der Waals surface area contributed by atoms with Gasteiger partial charge in [0.1, 0.15) is 12.1 Å². The summed E-state index contributed by atoms with van der Waals surface area (Å²) in [7, 11) is 0. The number of aromatic amines is 1. The van der Waals surface area contributed by atoms with Gasteiger partial charge < -0.3 is 0 Å². The van der Waals surface area contributed by atoms with Gasteiger partial charge in [-0.3, -0.25) is 10.1 Å². The molecule has 0 aliphatic heterocycles. The van der Waals surface area contributed by atoms with E-state index in [0.29, 0.717) is 10.2 Å². The number of hydrogen-bond acceptors (Lipinski definition) is 3. The standard InChI is InChI=1S/C9H6BrF3N4/c10-5-2-1-3-14-7(5)8-15-6(16-17-8)4-9(11,12)13/h1-3H,4H2,(H,15,16,17). The van der Waals surface area contributed by atoms with Gasteiger partial charge in [-0.25, -0.2) is 4.98 Å². The lowest BCUT2D eigenvalue weighted by atomic mass is 10.3. The van der Waals surface area contributed by atoms with Crippen LogP contribution in [0, 0.1) is 0 Å². The summed E-state index contributed by atoms with van der Waals surface area (Å²) in [6.45, 7) is 0. The van der Waals surface area contributed by atoms with Crippen molar-refractivity contribution in [2.45, 2.75) is 12.6 Å². The minimum Gasteiger partial charge on any atom is -0.258 e. The summed E-state index contributed by atoms with van der Waals surface area (Å²) in [5.74, 6) is -0.0956. The summed E-state index contributed by atoms with van der Waals surface area (Å²) in [5, 5.41) is 5.93. The summed E-state index contributed by atoms with van der Waals surface area (Å²) in [4.78, 5) is 7.74. The minimum atomic E-state index is -4.32. The maximum Gasteiger partial charge on any atom is 0.396 e. The third-order valence-corrected chi connectivity index (χ3v) is 2.51. The Morgan fingerprint density at radius 2 is 2.12 bits per heavy atom. The van der Waals surface area contributed by atoms with Crippen molar-refractivity contribution in [1.29, 1.82) is 0 Å². The molecule has 2 aromatic heterocycles. The number of nitrogens with zero attached hydrogens (tertiary/aromatic N) is 3. The molecule has 0 saturated heterocycles. The average molecular weight is 307 g/mol. The average Bonchev–Trinajstić information content (AvgIpc) is 2.64. The predicted octanol–water partition coefficient (Wildman–Crippen LogP) is 2.73. The predicted molar refractivity (Wildman–Crippen MR) is 57.1 cm³/mol. The number of halogens is 4. The van der Waals surface area contributed by atoms with Gasteiger partial charge in [-0.2, -0.15) is 18.3 Å². The van der Waals surface area contributed by atoms with E-state index in [4.69, 9.17) is 0 Å². The zero-order chi connectivity index (χ0) is 12.5. The topological polar surface area (TPSA) is 54.5 Å². The highest BCUT2D eigenvalue weighted by Gasteiger charge is 2.30. The van der Waals surface area contributed by atoms with Crippen molar-refractivity contribution in [2.75, 3.05) is 0 Å². The zero-order valence-electron chi connectivity index (χ0n) is 8.29. The second kappa shape index (κ2) is 4.44. The molecule has 0 aromatic carbocycles. The van der Waals surface area contributed by atoms with Gasteiger partial charge >= 0.3 is 6.18 Å². The fourth-order valence-corrected chi connectivity index (χ4v) is 1.66. The van der Waals surface area contributed by atoms with Gasteiger partial charge in [0.15, 0.2) is 11.6 Å². The van der Waals surface area contributed by atoms with Gasteiger partial charge in [-0.05, 0) is 28.1 Å². The number of hydrogen-bond donors (Lipinski definition) is 1. The molecule has 4 nitrogen and oxygen atoms in total. The van der Waals surface area contributed by atoms with Crippen molar-refractivity contribution in [3.05, 3.63) is 28.6 Å². The van der Waals surface area contributed by atoms with Gasteiger partial charge in [0.25, 0.3) is 0 Å². The third-order valence-electron chi connectivity index (χ3n) is 1.87. The Balaban J connectivity index is 2.28. The van der Waals surface area contributed by atoms with E-state index < -0.39 is 12.6 Å². The van der Waals surface area contributed by atoms with E-state index in [-0.39, 0.29) is 11.6 Å². The largest absolute Gasteiger partial charge is 0.396 e. The monoisotopic (exact) mass is 306 g/mol. The number of nitrogens with one attached hydrogen (secondary N) is 1. The first-order valence-electron chi connectivity index (χ1n) is 4.54. The Hall–Kier alpha value is -1.44. The first-order valence-corrected chi connectivity index (χ1v) is 5.34. The smallest absolute Gasteiger partial charge is 0.258 e. The number of rotatable bonds is 2. The van der Waals surface area contributed by atoms with E-state index in [1.54, 1.807) is 12.1 Å². The van der Waals surface area contributed by atoms with Crippen molar-refractivity contribution in [2.24, 2.45) is 0 Å². The number of pyridine rings is 1. The van der Waals surface area contributed by atoms with Crippen LogP contribution in [-0.2, 0) is 6.42 Å². The molecule has 0 aliphatic carbocycles. The second-order valence-corrected chi connectivity index (χ2v) is 4.08. The van der Waals surface area contributed by atoms with Crippen molar-refractivity contribution in [3.63, 3.8) is 0 Å². The summed E-state index contributed by atoms with van der Waals surface area (Å²) in [6.07, 6.45) is -3.96. The quantitative estimate of drug-likeness (QED) is 0.928. The Bertz CT molecular complexity index is 523. The molecule has 0 unspecified atom stereocenters. The normalized spacial score (nSPS) is 11.8. The van der Waals surface area contributed by atoms with Crippen LogP contribution in [-0.4, -0.2) is 26.3 Å². The van der Waals surface area contributed by atoms with Gasteiger partial charge in [0.05, 0.1) is 0 Å². The molecular formula is C9H6BrF3N4. The minimum absolute atomic E-state index is 0.205. The summed E-state index contributed by atoms with van der Waals surface area (Å²) in [6, 6.07) is 3.41. The molecule has 0 spiro atoms. The van der Waals surface area contributed by atoms with Gasteiger partial charge in [0, 0.05) is 10.7 Å². The molecule has 90 valence electrons. The summed E-state index contributed by atoms with van der Waals surface area (Å²) < 4.78 is 37.0. The van der Waals surface area contributed by atoms with Gasteiger partial charge in [0.2, 0.25) is 0 Å². The van der Waals surface area contributed by atoms with Crippen LogP contribution in [0.25, 0.3) is 11.5 Å². The summed E-state index contributed by atoms with van der Waals surface area (Å²) >= 11 is 3.23. The highest BCUT2D eigenvalue weighted by molar-refractivity contribution is 9.10. The van der Waals surface area contributed by atoms with Gasteiger partial charge in [-0.15, -0.1) is 0 Å².